The van der Waals surface area contributed by atoms with Gasteiger partial charge in [-0.2, -0.15) is 0 Å². The van der Waals surface area contributed by atoms with Gasteiger partial charge < -0.3 is 9.64 Å². The minimum atomic E-state index is 0.151. The van der Waals surface area contributed by atoms with Crippen molar-refractivity contribution in [1.29, 1.82) is 0 Å². The number of carbonyl (C=O) groups excluding carboxylic acids is 1. The summed E-state index contributed by atoms with van der Waals surface area (Å²) in [7, 11) is 0. The zero-order chi connectivity index (χ0) is 12.1. The fourth-order valence-corrected chi connectivity index (χ4v) is 2.15. The Labute approximate surface area is 102 Å². The Bertz CT molecular complexity index is 364. The van der Waals surface area contributed by atoms with Crippen molar-refractivity contribution in [3.63, 3.8) is 0 Å². The predicted molar refractivity (Wildman–Crippen MR) is 66.8 cm³/mol. The number of morpholine rings is 1. The number of aryl methyl sites for hydroxylation is 1. The van der Waals surface area contributed by atoms with Crippen LogP contribution in [0.3, 0.4) is 0 Å². The molecule has 3 nitrogen and oxygen atoms in total. The molecule has 0 saturated carbocycles. The number of ether oxygens (including phenoxy) is 1. The average Bonchev–Trinajstić information content (AvgIpc) is 2.38. The Kier molecular flexibility index (Phi) is 4.15. The molecule has 3 heteroatoms. The SMILES string of the molecule is CC(=O)N1CCO[C@H](CCc2ccccc2)C1. The lowest BCUT2D eigenvalue weighted by Gasteiger charge is -2.32. The lowest BCUT2D eigenvalue weighted by Crippen LogP contribution is -2.44. The largest absolute Gasteiger partial charge is 0.375 e. The molecule has 1 aliphatic heterocycles. The molecular weight excluding hydrogens is 214 g/mol. The Morgan fingerprint density at radius 3 is 2.88 bits per heavy atom. The summed E-state index contributed by atoms with van der Waals surface area (Å²) < 4.78 is 5.69. The summed E-state index contributed by atoms with van der Waals surface area (Å²) in [6.07, 6.45) is 2.18. The molecule has 92 valence electrons. The molecule has 0 bridgehead atoms. The second-order valence-corrected chi connectivity index (χ2v) is 4.48. The van der Waals surface area contributed by atoms with Crippen molar-refractivity contribution in [2.24, 2.45) is 0 Å². The number of rotatable bonds is 3. The highest BCUT2D eigenvalue weighted by molar-refractivity contribution is 5.73. The molecule has 1 saturated heterocycles. The maximum atomic E-state index is 11.3. The summed E-state index contributed by atoms with van der Waals surface area (Å²) in [5, 5.41) is 0. The lowest BCUT2D eigenvalue weighted by molar-refractivity contribution is -0.136. The van der Waals surface area contributed by atoms with Crippen LogP contribution < -0.4 is 0 Å². The van der Waals surface area contributed by atoms with Gasteiger partial charge in [-0.25, -0.2) is 0 Å². The zero-order valence-electron chi connectivity index (χ0n) is 10.3. The minimum Gasteiger partial charge on any atom is -0.375 e. The van der Waals surface area contributed by atoms with E-state index in [0.29, 0.717) is 6.61 Å². The van der Waals surface area contributed by atoms with Crippen LogP contribution in [0.25, 0.3) is 0 Å². The number of amides is 1. The second-order valence-electron chi connectivity index (χ2n) is 4.48. The maximum Gasteiger partial charge on any atom is 0.219 e. The summed E-state index contributed by atoms with van der Waals surface area (Å²) in [6, 6.07) is 10.4. The van der Waals surface area contributed by atoms with Crippen molar-refractivity contribution in [3.8, 4) is 0 Å². The van der Waals surface area contributed by atoms with Crippen LogP contribution in [0.4, 0.5) is 0 Å². The molecule has 0 aliphatic carbocycles. The van der Waals surface area contributed by atoms with Crippen molar-refractivity contribution in [3.05, 3.63) is 35.9 Å². The van der Waals surface area contributed by atoms with Crippen LogP contribution in [0, 0.1) is 0 Å². The Balaban J connectivity index is 1.81. The molecular formula is C14H19NO2. The van der Waals surface area contributed by atoms with E-state index in [4.69, 9.17) is 4.74 Å². The fourth-order valence-electron chi connectivity index (χ4n) is 2.15. The normalized spacial score (nSPS) is 20.3. The van der Waals surface area contributed by atoms with E-state index in [1.54, 1.807) is 6.92 Å². The topological polar surface area (TPSA) is 29.5 Å². The standard InChI is InChI=1S/C14H19NO2/c1-12(16)15-9-10-17-14(11-15)8-7-13-5-3-2-4-6-13/h2-6,14H,7-11H2,1H3/t14-/m1/s1. The summed E-state index contributed by atoms with van der Waals surface area (Å²) in [5.74, 6) is 0.151. The van der Waals surface area contributed by atoms with E-state index in [1.165, 1.54) is 5.56 Å². The first-order chi connectivity index (χ1) is 8.25. The van der Waals surface area contributed by atoms with Crippen LogP contribution in [0.2, 0.25) is 0 Å². The molecule has 1 heterocycles. The molecule has 1 aliphatic rings. The molecule has 0 radical (unpaired) electrons. The third-order valence-corrected chi connectivity index (χ3v) is 3.18. The quantitative estimate of drug-likeness (QED) is 0.797. The zero-order valence-corrected chi connectivity index (χ0v) is 10.3. The van der Waals surface area contributed by atoms with Gasteiger partial charge in [0, 0.05) is 20.0 Å². The van der Waals surface area contributed by atoms with Gasteiger partial charge in [0.15, 0.2) is 0 Å². The maximum absolute atomic E-state index is 11.3. The third-order valence-electron chi connectivity index (χ3n) is 3.18. The molecule has 1 fully saturated rings. The van der Waals surface area contributed by atoms with Crippen LogP contribution in [-0.4, -0.2) is 36.6 Å². The molecule has 2 rings (SSSR count). The van der Waals surface area contributed by atoms with Gasteiger partial charge in [0.25, 0.3) is 0 Å². The lowest BCUT2D eigenvalue weighted by atomic mass is 10.1. The van der Waals surface area contributed by atoms with Crippen molar-refractivity contribution in [2.75, 3.05) is 19.7 Å². The number of hydrogen-bond donors (Lipinski definition) is 0. The van der Waals surface area contributed by atoms with Crippen LogP contribution in [0.15, 0.2) is 30.3 Å². The molecule has 0 N–H and O–H groups in total. The molecule has 1 aromatic rings. The Morgan fingerprint density at radius 2 is 2.18 bits per heavy atom. The van der Waals surface area contributed by atoms with E-state index < -0.39 is 0 Å². The molecule has 0 spiro atoms. The first-order valence-corrected chi connectivity index (χ1v) is 6.17. The highest BCUT2D eigenvalue weighted by atomic mass is 16.5. The smallest absolute Gasteiger partial charge is 0.219 e. The molecule has 0 aromatic heterocycles. The number of carbonyl (C=O) groups is 1. The van der Waals surface area contributed by atoms with Crippen molar-refractivity contribution >= 4 is 5.91 Å². The summed E-state index contributed by atoms with van der Waals surface area (Å²) >= 11 is 0. The molecule has 1 aromatic carbocycles. The van der Waals surface area contributed by atoms with Crippen LogP contribution >= 0.6 is 0 Å². The average molecular weight is 233 g/mol. The van der Waals surface area contributed by atoms with Crippen LogP contribution in [-0.2, 0) is 16.0 Å². The van der Waals surface area contributed by atoms with Gasteiger partial charge in [0.05, 0.1) is 12.7 Å². The van der Waals surface area contributed by atoms with Gasteiger partial charge in [0.1, 0.15) is 0 Å². The predicted octanol–water partition coefficient (Wildman–Crippen LogP) is 1.87. The third kappa shape index (κ3) is 3.56. The van der Waals surface area contributed by atoms with E-state index in [-0.39, 0.29) is 12.0 Å². The van der Waals surface area contributed by atoms with Crippen LogP contribution in [0.5, 0.6) is 0 Å². The minimum absolute atomic E-state index is 0.151. The van der Waals surface area contributed by atoms with Crippen molar-refractivity contribution < 1.29 is 9.53 Å². The Morgan fingerprint density at radius 1 is 1.41 bits per heavy atom. The number of nitrogens with zero attached hydrogens (tertiary/aromatic N) is 1. The van der Waals surface area contributed by atoms with E-state index >= 15 is 0 Å². The number of hydrogen-bond acceptors (Lipinski definition) is 2. The van der Waals surface area contributed by atoms with Crippen molar-refractivity contribution in [1.82, 2.24) is 4.90 Å². The summed E-state index contributed by atoms with van der Waals surface area (Å²) in [4.78, 5) is 13.2. The molecule has 1 amide bonds. The van der Waals surface area contributed by atoms with E-state index in [2.05, 4.69) is 24.3 Å². The molecule has 0 unspecified atom stereocenters. The fraction of sp³-hybridized carbons (Fsp3) is 0.500. The van der Waals surface area contributed by atoms with Gasteiger partial charge in [-0.3, -0.25) is 4.79 Å². The highest BCUT2D eigenvalue weighted by Crippen LogP contribution is 2.12. The number of benzene rings is 1. The van der Waals surface area contributed by atoms with E-state index in [0.717, 1.165) is 25.9 Å². The Hall–Kier alpha value is -1.35. The van der Waals surface area contributed by atoms with E-state index in [9.17, 15) is 4.79 Å². The second kappa shape index (κ2) is 5.82. The first-order valence-electron chi connectivity index (χ1n) is 6.17. The van der Waals surface area contributed by atoms with Gasteiger partial charge in [-0.05, 0) is 18.4 Å². The highest BCUT2D eigenvalue weighted by Gasteiger charge is 2.21. The summed E-state index contributed by atoms with van der Waals surface area (Å²) in [5.41, 5.74) is 1.33. The van der Waals surface area contributed by atoms with E-state index in [1.807, 2.05) is 11.0 Å². The molecule has 1 atom stereocenters. The van der Waals surface area contributed by atoms with Crippen molar-refractivity contribution in [2.45, 2.75) is 25.9 Å². The van der Waals surface area contributed by atoms with Gasteiger partial charge in [0.2, 0.25) is 5.91 Å². The summed E-state index contributed by atoms with van der Waals surface area (Å²) in [6.45, 7) is 3.76. The van der Waals surface area contributed by atoms with Gasteiger partial charge in [-0.15, -0.1) is 0 Å². The van der Waals surface area contributed by atoms with Gasteiger partial charge >= 0.3 is 0 Å². The van der Waals surface area contributed by atoms with Gasteiger partial charge in [-0.1, -0.05) is 30.3 Å². The monoisotopic (exact) mass is 233 g/mol. The van der Waals surface area contributed by atoms with Crippen LogP contribution in [0.1, 0.15) is 18.9 Å². The molecule has 17 heavy (non-hydrogen) atoms. The first kappa shape index (κ1) is 12.1.